The largest absolute Gasteiger partial charge is 0.328 e. The Hall–Kier alpha value is -2.42. The van der Waals surface area contributed by atoms with Crippen molar-refractivity contribution in [2.24, 2.45) is 0 Å². The number of para-hydroxylation sites is 1. The number of hydrogen-bond donors (Lipinski definition) is 1. The van der Waals surface area contributed by atoms with E-state index in [2.05, 4.69) is 9.97 Å². The van der Waals surface area contributed by atoms with Gasteiger partial charge in [0.05, 0.1) is 11.2 Å². The molecule has 0 saturated heterocycles. The third kappa shape index (κ3) is 1.80. The second-order valence-electron chi connectivity index (χ2n) is 4.29. The van der Waals surface area contributed by atoms with Gasteiger partial charge in [0.25, 0.3) is 5.56 Å². The molecule has 1 aromatic carbocycles. The molecule has 3 aromatic rings. The number of hydrogen-bond acceptors (Lipinski definition) is 2. The van der Waals surface area contributed by atoms with Gasteiger partial charge in [0, 0.05) is 22.7 Å². The molecule has 0 unspecified atom stereocenters. The molecule has 0 bridgehead atoms. The molecule has 88 valence electrons. The molecule has 3 heteroatoms. The van der Waals surface area contributed by atoms with Crippen molar-refractivity contribution in [3.05, 3.63) is 64.6 Å². The molecule has 0 amide bonds. The number of rotatable bonds is 1. The third-order valence-corrected chi connectivity index (χ3v) is 2.98. The molecule has 3 nitrogen and oxygen atoms in total. The van der Waals surface area contributed by atoms with Crippen LogP contribution in [0.4, 0.5) is 0 Å². The summed E-state index contributed by atoms with van der Waals surface area (Å²) in [7, 11) is 0. The molecule has 1 N–H and O–H groups in total. The van der Waals surface area contributed by atoms with Crippen molar-refractivity contribution in [1.82, 2.24) is 9.97 Å². The monoisotopic (exact) mass is 236 g/mol. The fourth-order valence-corrected chi connectivity index (χ4v) is 1.97. The lowest BCUT2D eigenvalue weighted by atomic mass is 10.1. The minimum Gasteiger partial charge on any atom is -0.328 e. The Balaban J connectivity index is 2.19. The molecular formula is C15H12N2O. The van der Waals surface area contributed by atoms with E-state index in [0.29, 0.717) is 5.56 Å². The van der Waals surface area contributed by atoms with Gasteiger partial charge in [0.1, 0.15) is 0 Å². The lowest BCUT2D eigenvalue weighted by Gasteiger charge is -2.03. The van der Waals surface area contributed by atoms with E-state index in [1.807, 2.05) is 42.5 Å². The Morgan fingerprint density at radius 1 is 1.11 bits per heavy atom. The first-order chi connectivity index (χ1) is 8.74. The summed E-state index contributed by atoms with van der Waals surface area (Å²) in [6.45, 7) is 1.80. The van der Waals surface area contributed by atoms with Gasteiger partial charge in [-0.2, -0.15) is 0 Å². The van der Waals surface area contributed by atoms with Crippen LogP contribution in [0.2, 0.25) is 0 Å². The first kappa shape index (κ1) is 10.7. The van der Waals surface area contributed by atoms with Crippen LogP contribution in [-0.2, 0) is 0 Å². The van der Waals surface area contributed by atoms with Gasteiger partial charge in [0.15, 0.2) is 0 Å². The fraction of sp³-hybridized carbons (Fsp3) is 0.0667. The lowest BCUT2D eigenvalue weighted by molar-refractivity contribution is 1.18. The van der Waals surface area contributed by atoms with E-state index >= 15 is 0 Å². The Kier molecular flexibility index (Phi) is 2.45. The number of nitrogens with zero attached hydrogens (tertiary/aromatic N) is 1. The molecule has 0 aliphatic carbocycles. The van der Waals surface area contributed by atoms with Crippen LogP contribution in [0.3, 0.4) is 0 Å². The van der Waals surface area contributed by atoms with Crippen molar-refractivity contribution in [3.8, 4) is 11.3 Å². The summed E-state index contributed by atoms with van der Waals surface area (Å²) in [5.41, 5.74) is 3.40. The van der Waals surface area contributed by atoms with E-state index in [4.69, 9.17) is 0 Å². The Morgan fingerprint density at radius 3 is 2.78 bits per heavy atom. The maximum atomic E-state index is 11.3. The minimum absolute atomic E-state index is 0.0560. The summed E-state index contributed by atoms with van der Waals surface area (Å²) in [6.07, 6.45) is 1.70. The van der Waals surface area contributed by atoms with Crippen LogP contribution in [0.5, 0.6) is 0 Å². The zero-order valence-corrected chi connectivity index (χ0v) is 9.97. The molecule has 0 radical (unpaired) electrons. The van der Waals surface area contributed by atoms with E-state index in [0.717, 1.165) is 22.2 Å². The fourth-order valence-electron chi connectivity index (χ4n) is 1.97. The van der Waals surface area contributed by atoms with Gasteiger partial charge in [-0.3, -0.25) is 4.79 Å². The molecule has 0 aliphatic heterocycles. The number of aromatic amines is 1. The van der Waals surface area contributed by atoms with E-state index in [1.54, 1.807) is 13.1 Å². The minimum atomic E-state index is -0.0560. The first-order valence-electron chi connectivity index (χ1n) is 5.79. The van der Waals surface area contributed by atoms with Gasteiger partial charge in [-0.05, 0) is 25.1 Å². The van der Waals surface area contributed by atoms with Crippen LogP contribution >= 0.6 is 0 Å². The Bertz CT molecular complexity index is 775. The highest BCUT2D eigenvalue weighted by Gasteiger charge is 2.03. The molecule has 0 saturated carbocycles. The normalized spacial score (nSPS) is 10.7. The Labute approximate surface area is 104 Å². The number of pyridine rings is 2. The molecule has 0 fully saturated rings. The summed E-state index contributed by atoms with van der Waals surface area (Å²) in [4.78, 5) is 18.7. The maximum absolute atomic E-state index is 11.3. The summed E-state index contributed by atoms with van der Waals surface area (Å²) < 4.78 is 0. The van der Waals surface area contributed by atoms with Gasteiger partial charge in [-0.1, -0.05) is 24.3 Å². The van der Waals surface area contributed by atoms with Gasteiger partial charge < -0.3 is 4.98 Å². The number of H-pyrrole nitrogens is 1. The van der Waals surface area contributed by atoms with Gasteiger partial charge >= 0.3 is 0 Å². The van der Waals surface area contributed by atoms with Crippen LogP contribution in [0.15, 0.2) is 53.5 Å². The quantitative estimate of drug-likeness (QED) is 0.706. The second kappa shape index (κ2) is 4.11. The molecule has 0 atom stereocenters. The first-order valence-corrected chi connectivity index (χ1v) is 5.79. The Morgan fingerprint density at radius 2 is 1.94 bits per heavy atom. The van der Waals surface area contributed by atoms with Crippen molar-refractivity contribution in [3.63, 3.8) is 0 Å². The SMILES string of the molecule is Cc1cc(-c2ccc3ccccc3n2)c[nH]c1=O. The van der Waals surface area contributed by atoms with Crippen LogP contribution in [0.1, 0.15) is 5.56 Å². The van der Waals surface area contributed by atoms with Crippen molar-refractivity contribution in [2.45, 2.75) is 6.92 Å². The highest BCUT2D eigenvalue weighted by Crippen LogP contribution is 2.19. The molecule has 18 heavy (non-hydrogen) atoms. The molecular weight excluding hydrogens is 224 g/mol. The van der Waals surface area contributed by atoms with E-state index < -0.39 is 0 Å². The van der Waals surface area contributed by atoms with Crippen molar-refractivity contribution >= 4 is 10.9 Å². The molecule has 2 aromatic heterocycles. The lowest BCUT2D eigenvalue weighted by Crippen LogP contribution is -2.08. The molecule has 0 spiro atoms. The van der Waals surface area contributed by atoms with Crippen molar-refractivity contribution < 1.29 is 0 Å². The summed E-state index contributed by atoms with van der Waals surface area (Å²) in [5, 5.41) is 1.11. The molecule has 0 aliphatic rings. The maximum Gasteiger partial charge on any atom is 0.250 e. The van der Waals surface area contributed by atoms with E-state index in [1.165, 1.54) is 0 Å². The predicted molar refractivity (Wildman–Crippen MR) is 72.5 cm³/mol. The average molecular weight is 236 g/mol. The second-order valence-corrected chi connectivity index (χ2v) is 4.29. The summed E-state index contributed by atoms with van der Waals surface area (Å²) in [5.74, 6) is 0. The van der Waals surface area contributed by atoms with Crippen molar-refractivity contribution in [2.75, 3.05) is 0 Å². The zero-order valence-electron chi connectivity index (χ0n) is 9.97. The van der Waals surface area contributed by atoms with Gasteiger partial charge in [-0.25, -0.2) is 4.98 Å². The van der Waals surface area contributed by atoms with Crippen molar-refractivity contribution in [1.29, 1.82) is 0 Å². The third-order valence-electron chi connectivity index (χ3n) is 2.98. The van der Waals surface area contributed by atoms with Gasteiger partial charge in [0.2, 0.25) is 0 Å². The smallest absolute Gasteiger partial charge is 0.250 e. The van der Waals surface area contributed by atoms with E-state index in [-0.39, 0.29) is 5.56 Å². The predicted octanol–water partition coefficient (Wildman–Crippen LogP) is 2.90. The summed E-state index contributed by atoms with van der Waals surface area (Å²) in [6, 6.07) is 13.8. The van der Waals surface area contributed by atoms with Gasteiger partial charge in [-0.15, -0.1) is 0 Å². The van der Waals surface area contributed by atoms with E-state index in [9.17, 15) is 4.79 Å². The number of benzene rings is 1. The number of fused-ring (bicyclic) bond motifs is 1. The number of nitrogens with one attached hydrogen (secondary N) is 1. The highest BCUT2D eigenvalue weighted by molar-refractivity contribution is 5.81. The van der Waals surface area contributed by atoms with Crippen LogP contribution in [-0.4, -0.2) is 9.97 Å². The summed E-state index contributed by atoms with van der Waals surface area (Å²) >= 11 is 0. The molecule has 2 heterocycles. The molecule has 3 rings (SSSR count). The van der Waals surface area contributed by atoms with Crippen LogP contribution in [0.25, 0.3) is 22.2 Å². The average Bonchev–Trinajstić information content (AvgIpc) is 2.41. The number of aryl methyl sites for hydroxylation is 1. The standard InChI is InChI=1S/C15H12N2O/c1-10-8-12(9-16-15(10)18)14-7-6-11-4-2-3-5-13(11)17-14/h2-9H,1H3,(H,16,18). The zero-order chi connectivity index (χ0) is 12.5. The number of aromatic nitrogens is 2. The topological polar surface area (TPSA) is 45.8 Å². The van der Waals surface area contributed by atoms with Crippen LogP contribution in [0, 0.1) is 6.92 Å². The highest BCUT2D eigenvalue weighted by atomic mass is 16.1. The van der Waals surface area contributed by atoms with Crippen LogP contribution < -0.4 is 5.56 Å².